The van der Waals surface area contributed by atoms with E-state index in [1.54, 1.807) is 7.05 Å². The van der Waals surface area contributed by atoms with Crippen molar-refractivity contribution in [1.29, 1.82) is 0 Å². The molecule has 3 aliphatic rings. The molecule has 1 saturated carbocycles. The van der Waals surface area contributed by atoms with Gasteiger partial charge in [0, 0.05) is 39.4 Å². The standard InChI is InChI=1S/C17H26N4O3/c1-20-15(22)8-7-14(19-20)17(24)18-13-9-16(23)21(11-13)10-12-5-3-2-4-6-12/h12-13H,2-11H2,1H3,(H,18,24). The van der Waals surface area contributed by atoms with Gasteiger partial charge < -0.3 is 10.2 Å². The van der Waals surface area contributed by atoms with Crippen LogP contribution in [0.15, 0.2) is 5.10 Å². The monoisotopic (exact) mass is 334 g/mol. The summed E-state index contributed by atoms with van der Waals surface area (Å²) in [6, 6.07) is -0.153. The number of rotatable bonds is 4. The highest BCUT2D eigenvalue weighted by molar-refractivity contribution is 6.39. The Kier molecular flexibility index (Phi) is 5.16. The number of hydrazone groups is 1. The molecule has 0 aromatic heterocycles. The molecular weight excluding hydrogens is 308 g/mol. The second kappa shape index (κ2) is 7.32. The third kappa shape index (κ3) is 3.94. The zero-order valence-corrected chi connectivity index (χ0v) is 14.3. The first kappa shape index (κ1) is 16.9. The highest BCUT2D eigenvalue weighted by Crippen LogP contribution is 2.26. The molecule has 2 aliphatic heterocycles. The second-order valence-corrected chi connectivity index (χ2v) is 7.14. The summed E-state index contributed by atoms with van der Waals surface area (Å²) in [4.78, 5) is 37.8. The van der Waals surface area contributed by atoms with Gasteiger partial charge in [0.1, 0.15) is 5.71 Å². The zero-order chi connectivity index (χ0) is 17.1. The topological polar surface area (TPSA) is 82.1 Å². The molecule has 1 unspecified atom stereocenters. The minimum atomic E-state index is -0.258. The maximum Gasteiger partial charge on any atom is 0.267 e. The van der Waals surface area contributed by atoms with Crippen LogP contribution in [0.5, 0.6) is 0 Å². The molecule has 2 heterocycles. The van der Waals surface area contributed by atoms with E-state index < -0.39 is 0 Å². The van der Waals surface area contributed by atoms with Crippen LogP contribution in [0.25, 0.3) is 0 Å². The Balaban J connectivity index is 1.51. The first-order valence-corrected chi connectivity index (χ1v) is 8.95. The van der Waals surface area contributed by atoms with Crippen molar-refractivity contribution in [1.82, 2.24) is 15.2 Å². The van der Waals surface area contributed by atoms with Crippen LogP contribution >= 0.6 is 0 Å². The van der Waals surface area contributed by atoms with Gasteiger partial charge in [0.15, 0.2) is 0 Å². The van der Waals surface area contributed by atoms with E-state index in [4.69, 9.17) is 0 Å². The van der Waals surface area contributed by atoms with E-state index in [9.17, 15) is 14.4 Å². The van der Waals surface area contributed by atoms with Crippen LogP contribution in [-0.4, -0.2) is 59.5 Å². The molecule has 1 N–H and O–H groups in total. The molecule has 1 aliphatic carbocycles. The Bertz CT molecular complexity index is 554. The quantitative estimate of drug-likeness (QED) is 0.829. The van der Waals surface area contributed by atoms with Crippen molar-refractivity contribution in [2.45, 2.75) is 57.4 Å². The van der Waals surface area contributed by atoms with Gasteiger partial charge in [-0.25, -0.2) is 5.01 Å². The summed E-state index contributed by atoms with van der Waals surface area (Å²) in [5.41, 5.74) is 0.371. The van der Waals surface area contributed by atoms with E-state index in [1.165, 1.54) is 37.1 Å². The fourth-order valence-corrected chi connectivity index (χ4v) is 3.83. The summed E-state index contributed by atoms with van der Waals surface area (Å²) < 4.78 is 0. The Morgan fingerprint density at radius 2 is 1.92 bits per heavy atom. The molecule has 2 fully saturated rings. The van der Waals surface area contributed by atoms with Crippen molar-refractivity contribution in [3.8, 4) is 0 Å². The van der Waals surface area contributed by atoms with Gasteiger partial charge in [-0.2, -0.15) is 5.10 Å². The van der Waals surface area contributed by atoms with Gasteiger partial charge in [0.05, 0.1) is 6.04 Å². The van der Waals surface area contributed by atoms with Crippen molar-refractivity contribution in [3.05, 3.63) is 0 Å². The Morgan fingerprint density at radius 1 is 1.17 bits per heavy atom. The van der Waals surface area contributed by atoms with Gasteiger partial charge in [-0.3, -0.25) is 14.4 Å². The van der Waals surface area contributed by atoms with E-state index in [1.807, 2.05) is 4.90 Å². The van der Waals surface area contributed by atoms with Gasteiger partial charge in [0.2, 0.25) is 11.8 Å². The van der Waals surface area contributed by atoms with Crippen molar-refractivity contribution in [2.24, 2.45) is 11.0 Å². The average molecular weight is 334 g/mol. The number of carbonyl (C=O) groups excluding carboxylic acids is 3. The summed E-state index contributed by atoms with van der Waals surface area (Å²) >= 11 is 0. The highest BCUT2D eigenvalue weighted by atomic mass is 16.2. The maximum absolute atomic E-state index is 12.3. The average Bonchev–Trinajstić information content (AvgIpc) is 2.90. The van der Waals surface area contributed by atoms with E-state index in [0.29, 0.717) is 37.4 Å². The number of amides is 3. The molecular formula is C17H26N4O3. The normalized spacial score (nSPS) is 25.9. The molecule has 0 spiro atoms. The summed E-state index contributed by atoms with van der Waals surface area (Å²) in [5.74, 6) is 0.399. The number of nitrogens with one attached hydrogen (secondary N) is 1. The highest BCUT2D eigenvalue weighted by Gasteiger charge is 2.33. The fourth-order valence-electron chi connectivity index (χ4n) is 3.83. The van der Waals surface area contributed by atoms with E-state index in [-0.39, 0.29) is 23.8 Å². The first-order chi connectivity index (χ1) is 11.5. The molecule has 7 heteroatoms. The van der Waals surface area contributed by atoms with Gasteiger partial charge >= 0.3 is 0 Å². The van der Waals surface area contributed by atoms with Gasteiger partial charge in [0.25, 0.3) is 5.91 Å². The minimum Gasteiger partial charge on any atom is -0.346 e. The molecule has 0 bridgehead atoms. The van der Waals surface area contributed by atoms with Gasteiger partial charge in [-0.05, 0) is 18.8 Å². The molecule has 24 heavy (non-hydrogen) atoms. The maximum atomic E-state index is 12.3. The number of carbonyl (C=O) groups is 3. The third-order valence-electron chi connectivity index (χ3n) is 5.22. The number of hydrogen-bond acceptors (Lipinski definition) is 4. The molecule has 1 atom stereocenters. The molecule has 132 valence electrons. The van der Waals surface area contributed by atoms with Gasteiger partial charge in [-0.15, -0.1) is 0 Å². The molecule has 7 nitrogen and oxygen atoms in total. The SMILES string of the molecule is CN1N=C(C(=O)NC2CC(=O)N(CC3CCCCC3)C2)CCC1=O. The third-order valence-corrected chi connectivity index (χ3v) is 5.22. The number of nitrogens with zero attached hydrogens (tertiary/aromatic N) is 3. The predicted octanol–water partition coefficient (Wildman–Crippen LogP) is 0.892. The summed E-state index contributed by atoms with van der Waals surface area (Å²) in [5, 5.41) is 8.15. The Morgan fingerprint density at radius 3 is 2.62 bits per heavy atom. The lowest BCUT2D eigenvalue weighted by Gasteiger charge is -2.27. The Hall–Kier alpha value is -1.92. The van der Waals surface area contributed by atoms with Crippen LogP contribution in [0.2, 0.25) is 0 Å². The molecule has 0 aromatic carbocycles. The molecule has 3 rings (SSSR count). The van der Waals surface area contributed by atoms with Crippen LogP contribution in [0.3, 0.4) is 0 Å². The van der Waals surface area contributed by atoms with Crippen molar-refractivity contribution in [2.75, 3.05) is 20.1 Å². The fraction of sp³-hybridized carbons (Fsp3) is 0.765. The summed E-state index contributed by atoms with van der Waals surface area (Å²) in [7, 11) is 1.56. The van der Waals surface area contributed by atoms with E-state index >= 15 is 0 Å². The Labute approximate surface area is 142 Å². The first-order valence-electron chi connectivity index (χ1n) is 8.95. The number of likely N-dealkylation sites (tertiary alicyclic amines) is 1. The van der Waals surface area contributed by atoms with Crippen LogP contribution in [0, 0.1) is 5.92 Å². The van der Waals surface area contributed by atoms with Crippen molar-refractivity contribution in [3.63, 3.8) is 0 Å². The van der Waals surface area contributed by atoms with Crippen LogP contribution in [0.1, 0.15) is 51.4 Å². The van der Waals surface area contributed by atoms with Crippen LogP contribution < -0.4 is 5.32 Å². The number of hydrogen-bond donors (Lipinski definition) is 1. The molecule has 0 radical (unpaired) electrons. The molecule has 1 saturated heterocycles. The lowest BCUT2D eigenvalue weighted by molar-refractivity contribution is -0.130. The summed E-state index contributed by atoms with van der Waals surface area (Å²) in [6.45, 7) is 1.41. The summed E-state index contributed by atoms with van der Waals surface area (Å²) in [6.07, 6.45) is 7.28. The van der Waals surface area contributed by atoms with Crippen LogP contribution in [-0.2, 0) is 14.4 Å². The van der Waals surface area contributed by atoms with E-state index in [2.05, 4.69) is 10.4 Å². The zero-order valence-electron chi connectivity index (χ0n) is 14.3. The smallest absolute Gasteiger partial charge is 0.267 e. The predicted molar refractivity (Wildman–Crippen MR) is 89.1 cm³/mol. The van der Waals surface area contributed by atoms with Crippen molar-refractivity contribution < 1.29 is 14.4 Å². The van der Waals surface area contributed by atoms with E-state index in [0.717, 1.165) is 6.54 Å². The molecule has 0 aromatic rings. The van der Waals surface area contributed by atoms with Crippen LogP contribution in [0.4, 0.5) is 0 Å². The molecule has 3 amide bonds. The second-order valence-electron chi connectivity index (χ2n) is 7.14. The van der Waals surface area contributed by atoms with Crippen molar-refractivity contribution >= 4 is 23.4 Å². The van der Waals surface area contributed by atoms with Gasteiger partial charge in [-0.1, -0.05) is 19.3 Å². The minimum absolute atomic E-state index is 0.0822. The lowest BCUT2D eigenvalue weighted by Crippen LogP contribution is -2.43. The lowest BCUT2D eigenvalue weighted by atomic mass is 9.89. The largest absolute Gasteiger partial charge is 0.346 e.